The molecule has 0 heterocycles. The van der Waals surface area contributed by atoms with E-state index in [1.807, 2.05) is 22.6 Å². The van der Waals surface area contributed by atoms with Crippen LogP contribution in [0.15, 0.2) is 18.2 Å². The molecule has 0 amide bonds. The van der Waals surface area contributed by atoms with E-state index in [0.29, 0.717) is 10.9 Å². The Bertz CT molecular complexity index is 327. The van der Waals surface area contributed by atoms with Gasteiger partial charge < -0.3 is 4.74 Å². The second-order valence-corrected chi connectivity index (χ2v) is 4.24. The van der Waals surface area contributed by atoms with Crippen molar-refractivity contribution < 1.29 is 17.9 Å². The number of hydrogen-bond acceptors (Lipinski definition) is 1. The molecule has 0 spiro atoms. The zero-order chi connectivity index (χ0) is 10.8. The minimum atomic E-state index is -4.64. The molecule has 1 aromatic rings. The molecular weight excluding hydrogens is 376 g/mol. The number of halogens is 5. The fourth-order valence-electron chi connectivity index (χ4n) is 0.877. The van der Waals surface area contributed by atoms with Crippen LogP contribution in [0.5, 0.6) is 5.75 Å². The van der Waals surface area contributed by atoms with Crippen LogP contribution in [0, 0.1) is 3.57 Å². The van der Waals surface area contributed by atoms with Gasteiger partial charge in [0.1, 0.15) is 5.75 Å². The summed E-state index contributed by atoms with van der Waals surface area (Å²) in [6.45, 7) is 0. The average molecular weight is 381 g/mol. The van der Waals surface area contributed by atoms with Crippen molar-refractivity contribution >= 4 is 38.5 Å². The smallest absolute Gasteiger partial charge is 0.405 e. The molecule has 0 fully saturated rings. The first kappa shape index (κ1) is 12.1. The van der Waals surface area contributed by atoms with Gasteiger partial charge in [0, 0.05) is 14.5 Å². The van der Waals surface area contributed by atoms with Gasteiger partial charge in [-0.15, -0.1) is 13.2 Å². The maximum atomic E-state index is 11.9. The van der Waals surface area contributed by atoms with Crippen molar-refractivity contribution in [1.82, 2.24) is 0 Å². The van der Waals surface area contributed by atoms with E-state index in [0.717, 1.165) is 3.57 Å². The van der Waals surface area contributed by atoms with Crippen molar-refractivity contribution in [2.75, 3.05) is 0 Å². The number of benzene rings is 1. The van der Waals surface area contributed by atoms with Gasteiger partial charge in [-0.25, -0.2) is 0 Å². The molecule has 0 aliphatic heterocycles. The van der Waals surface area contributed by atoms with Gasteiger partial charge in [0.2, 0.25) is 0 Å². The molecule has 6 heteroatoms. The van der Waals surface area contributed by atoms with E-state index in [1.54, 1.807) is 12.1 Å². The first-order valence-electron chi connectivity index (χ1n) is 3.52. The number of alkyl halides is 4. The SMILES string of the molecule is FC(F)(F)Oc1ccc(I)cc1CBr. The van der Waals surface area contributed by atoms with Gasteiger partial charge in [-0.2, -0.15) is 0 Å². The maximum absolute atomic E-state index is 11.9. The van der Waals surface area contributed by atoms with Crippen molar-refractivity contribution in [3.05, 3.63) is 27.3 Å². The van der Waals surface area contributed by atoms with Crippen LogP contribution in [0.4, 0.5) is 13.2 Å². The third-order valence-corrected chi connectivity index (χ3v) is 2.67. The molecule has 0 aromatic heterocycles. The van der Waals surface area contributed by atoms with E-state index in [9.17, 15) is 13.2 Å². The third-order valence-electron chi connectivity index (χ3n) is 1.39. The van der Waals surface area contributed by atoms with Crippen LogP contribution in [0.1, 0.15) is 5.56 Å². The Morgan fingerprint density at radius 2 is 2.00 bits per heavy atom. The minimum Gasteiger partial charge on any atom is -0.405 e. The van der Waals surface area contributed by atoms with E-state index in [1.165, 1.54) is 6.07 Å². The van der Waals surface area contributed by atoms with E-state index >= 15 is 0 Å². The molecule has 1 aromatic carbocycles. The fourth-order valence-corrected chi connectivity index (χ4v) is 1.87. The quantitative estimate of drug-likeness (QED) is 0.554. The summed E-state index contributed by atoms with van der Waals surface area (Å²) in [5.41, 5.74) is 0.481. The number of hydrogen-bond donors (Lipinski definition) is 0. The molecule has 1 nitrogen and oxygen atoms in total. The molecule has 0 radical (unpaired) electrons. The minimum absolute atomic E-state index is 0.158. The predicted molar refractivity (Wildman–Crippen MR) is 58.5 cm³/mol. The van der Waals surface area contributed by atoms with E-state index in [2.05, 4.69) is 20.7 Å². The lowest BCUT2D eigenvalue weighted by molar-refractivity contribution is -0.274. The van der Waals surface area contributed by atoms with Crippen molar-refractivity contribution in [3.8, 4) is 5.75 Å². The first-order chi connectivity index (χ1) is 6.42. The van der Waals surface area contributed by atoms with Crippen LogP contribution >= 0.6 is 38.5 Å². The molecule has 0 N–H and O–H groups in total. The zero-order valence-electron chi connectivity index (χ0n) is 6.74. The van der Waals surface area contributed by atoms with Crippen LogP contribution in [-0.4, -0.2) is 6.36 Å². The highest BCUT2D eigenvalue weighted by Gasteiger charge is 2.31. The summed E-state index contributed by atoms with van der Waals surface area (Å²) >= 11 is 5.12. The topological polar surface area (TPSA) is 9.23 Å². The Labute approximate surface area is 101 Å². The highest BCUT2D eigenvalue weighted by Crippen LogP contribution is 2.28. The van der Waals surface area contributed by atoms with E-state index in [4.69, 9.17) is 0 Å². The van der Waals surface area contributed by atoms with Crippen LogP contribution < -0.4 is 4.74 Å². The Balaban J connectivity index is 2.97. The summed E-state index contributed by atoms with van der Waals surface area (Å²) in [4.78, 5) is 0. The summed E-state index contributed by atoms with van der Waals surface area (Å²) < 4.78 is 40.5. The molecule has 1 rings (SSSR count). The normalized spacial score (nSPS) is 11.5. The standard InChI is InChI=1S/C8H5BrF3IO/c9-4-5-3-6(13)1-2-7(5)14-8(10,11)12/h1-3H,4H2. The molecule has 0 saturated carbocycles. The summed E-state index contributed by atoms with van der Waals surface area (Å²) in [7, 11) is 0. The van der Waals surface area contributed by atoms with Gasteiger partial charge in [0.05, 0.1) is 0 Å². The van der Waals surface area contributed by atoms with Gasteiger partial charge >= 0.3 is 6.36 Å². The molecule has 0 aliphatic rings. The Morgan fingerprint density at radius 1 is 1.36 bits per heavy atom. The lowest BCUT2D eigenvalue weighted by Crippen LogP contribution is -2.18. The summed E-state index contributed by atoms with van der Waals surface area (Å²) in [6, 6.07) is 4.51. The highest BCUT2D eigenvalue weighted by molar-refractivity contribution is 14.1. The fraction of sp³-hybridized carbons (Fsp3) is 0.250. The van der Waals surface area contributed by atoms with Gasteiger partial charge in [-0.1, -0.05) is 15.9 Å². The largest absolute Gasteiger partial charge is 0.573 e. The van der Waals surface area contributed by atoms with Gasteiger partial charge in [-0.05, 0) is 40.8 Å². The molecule has 0 bridgehead atoms. The Morgan fingerprint density at radius 3 is 2.50 bits per heavy atom. The second-order valence-electron chi connectivity index (χ2n) is 2.43. The summed E-state index contributed by atoms with van der Waals surface area (Å²) in [6.07, 6.45) is -4.64. The number of ether oxygens (including phenoxy) is 1. The lowest BCUT2D eigenvalue weighted by Gasteiger charge is -2.11. The maximum Gasteiger partial charge on any atom is 0.573 e. The first-order valence-corrected chi connectivity index (χ1v) is 5.72. The summed E-state index contributed by atoms with van der Waals surface area (Å²) in [5, 5.41) is 0.329. The van der Waals surface area contributed by atoms with Crippen LogP contribution in [-0.2, 0) is 5.33 Å². The molecule has 14 heavy (non-hydrogen) atoms. The molecule has 0 aliphatic carbocycles. The molecule has 0 atom stereocenters. The van der Waals surface area contributed by atoms with Gasteiger partial charge in [0.25, 0.3) is 0 Å². The molecule has 0 unspecified atom stereocenters. The average Bonchev–Trinajstić information content (AvgIpc) is 2.06. The Hall–Kier alpha value is 0.0200. The van der Waals surface area contributed by atoms with Crippen molar-refractivity contribution in [2.24, 2.45) is 0 Å². The van der Waals surface area contributed by atoms with Crippen molar-refractivity contribution in [3.63, 3.8) is 0 Å². The van der Waals surface area contributed by atoms with Crippen molar-refractivity contribution in [2.45, 2.75) is 11.7 Å². The van der Waals surface area contributed by atoms with E-state index < -0.39 is 6.36 Å². The zero-order valence-corrected chi connectivity index (χ0v) is 10.5. The van der Waals surface area contributed by atoms with E-state index in [-0.39, 0.29) is 5.75 Å². The Kier molecular flexibility index (Phi) is 4.05. The molecule has 0 saturated heterocycles. The highest BCUT2D eigenvalue weighted by atomic mass is 127. The second kappa shape index (κ2) is 4.69. The van der Waals surface area contributed by atoms with Gasteiger partial charge in [-0.3, -0.25) is 0 Å². The monoisotopic (exact) mass is 380 g/mol. The third kappa shape index (κ3) is 3.64. The molecular formula is C8H5BrF3IO. The predicted octanol–water partition coefficient (Wildman–Crippen LogP) is 4.08. The van der Waals surface area contributed by atoms with Crippen LogP contribution in [0.3, 0.4) is 0 Å². The molecule has 78 valence electrons. The lowest BCUT2D eigenvalue weighted by atomic mass is 10.2. The van der Waals surface area contributed by atoms with Gasteiger partial charge in [0.15, 0.2) is 0 Å². The van der Waals surface area contributed by atoms with Crippen molar-refractivity contribution in [1.29, 1.82) is 0 Å². The van der Waals surface area contributed by atoms with Crippen LogP contribution in [0.25, 0.3) is 0 Å². The summed E-state index contributed by atoms with van der Waals surface area (Å²) in [5.74, 6) is -0.158. The number of rotatable bonds is 2. The van der Waals surface area contributed by atoms with Crippen LogP contribution in [0.2, 0.25) is 0 Å².